The highest BCUT2D eigenvalue weighted by Gasteiger charge is 2.49. The number of fused-ring (bicyclic) bond motifs is 9. The van der Waals surface area contributed by atoms with Crippen molar-refractivity contribution in [1.82, 2.24) is 0 Å². The summed E-state index contributed by atoms with van der Waals surface area (Å²) in [5, 5.41) is 1.35. The maximum absolute atomic E-state index is 17.7. The van der Waals surface area contributed by atoms with E-state index in [4.69, 9.17) is 13.9 Å². The summed E-state index contributed by atoms with van der Waals surface area (Å²) >= 11 is 0. The van der Waals surface area contributed by atoms with Gasteiger partial charge in [-0.15, -0.1) is 0 Å². The lowest BCUT2D eigenvalue weighted by atomic mass is 9.67. The van der Waals surface area contributed by atoms with E-state index in [1.165, 1.54) is 59.7 Å². The zero-order valence-corrected chi connectivity index (χ0v) is 73.9. The first-order chi connectivity index (χ1) is 64.5. The van der Waals surface area contributed by atoms with E-state index in [0.717, 1.165) is 124 Å². The van der Waals surface area contributed by atoms with Crippen molar-refractivity contribution in [3.8, 4) is 89.8 Å². The van der Waals surface area contributed by atoms with E-state index in [2.05, 4.69) is 212 Å². The Labute approximate surface area is 769 Å². The van der Waals surface area contributed by atoms with Crippen LogP contribution in [-0.2, 0) is 21.7 Å². The van der Waals surface area contributed by atoms with Crippen LogP contribution in [0.2, 0.25) is 0 Å². The minimum absolute atomic E-state index is 0.0562. The summed E-state index contributed by atoms with van der Waals surface area (Å²) < 4.78 is 118. The standard InChI is InChI=1S/C122H88F6N2O3/c1-9-75-19-55-95(56-20-75)131-97-59-41-87(42-60-97)121(85-37-33-83(34-38-85)119(3,4)5)107-17-13-11-15-99(107)101-63-31-81(67-109(101)121)77-27-49-91(50-28-77)129(115-73-111(125)105(71-113(115)127)79-23-45-89(123)46-24-79)93-53-65-103-104-66-54-94(70-118(104)133-117(103)69-93)130(116-74-112(126)106(72-114(116)128)80-25-47-90(124)48-26-80)92-51-29-78(30-52-92)82-32-64-102-100-16-12-14-18-108(100)122(110(102)68-82,86-39-35-84(36-40-86)120(6,7)8)88-43-61-98(62-44-88)132-96-57-21-76(10-2)22-58-96/h9-74H,1-2H2,3-8H3. The van der Waals surface area contributed by atoms with Crippen LogP contribution in [0.4, 0.5) is 60.5 Å². The van der Waals surface area contributed by atoms with Crippen LogP contribution in [0.3, 0.4) is 0 Å². The minimum atomic E-state index is -0.799. The number of ether oxygens (including phenoxy) is 2. The fourth-order valence-electron chi connectivity index (χ4n) is 19.7. The van der Waals surface area contributed by atoms with Crippen LogP contribution in [-0.4, -0.2) is 0 Å². The average molecular weight is 1740 g/mol. The number of anilines is 6. The van der Waals surface area contributed by atoms with Crippen molar-refractivity contribution in [3.63, 3.8) is 0 Å². The molecule has 646 valence electrons. The molecule has 0 radical (unpaired) electrons. The number of benzene rings is 18. The maximum atomic E-state index is 17.7. The number of nitrogens with zero attached hydrogens (tertiary/aromatic N) is 2. The molecule has 0 saturated carbocycles. The van der Waals surface area contributed by atoms with Crippen LogP contribution < -0.4 is 19.3 Å². The van der Waals surface area contributed by atoms with Gasteiger partial charge < -0.3 is 23.7 Å². The van der Waals surface area contributed by atoms with Crippen molar-refractivity contribution in [2.45, 2.75) is 63.2 Å². The first kappa shape index (κ1) is 83.9. The summed E-state index contributed by atoms with van der Waals surface area (Å²) in [7, 11) is 0. The maximum Gasteiger partial charge on any atom is 0.148 e. The van der Waals surface area contributed by atoms with Crippen LogP contribution in [0.1, 0.15) is 108 Å². The molecule has 18 aromatic carbocycles. The van der Waals surface area contributed by atoms with Crippen LogP contribution in [0.15, 0.2) is 406 Å². The van der Waals surface area contributed by atoms with E-state index >= 15 is 17.6 Å². The van der Waals surface area contributed by atoms with Gasteiger partial charge in [-0.25, -0.2) is 26.3 Å². The van der Waals surface area contributed by atoms with Crippen molar-refractivity contribution in [2.75, 3.05) is 9.80 Å². The fourth-order valence-corrected chi connectivity index (χ4v) is 19.7. The summed E-state index contributed by atoms with van der Waals surface area (Å²) in [5.74, 6) is -1.27. The third-order valence-electron chi connectivity index (χ3n) is 26.5. The summed E-state index contributed by atoms with van der Waals surface area (Å²) in [4.78, 5) is 3.29. The lowest BCUT2D eigenvalue weighted by molar-refractivity contribution is 0.482. The lowest BCUT2D eigenvalue weighted by Crippen LogP contribution is -2.29. The molecule has 0 saturated heterocycles. The molecule has 0 spiro atoms. The first-order valence-corrected chi connectivity index (χ1v) is 44.5. The van der Waals surface area contributed by atoms with E-state index < -0.39 is 45.7 Å². The second-order valence-corrected chi connectivity index (χ2v) is 36.4. The summed E-state index contributed by atoms with van der Waals surface area (Å²) in [6, 6.07) is 122. The molecule has 5 nitrogen and oxygen atoms in total. The highest BCUT2D eigenvalue weighted by Crippen LogP contribution is 2.60. The molecule has 19 aromatic rings. The fraction of sp³-hybridized carbons (Fsp3) is 0.0820. The molecule has 2 unspecified atom stereocenters. The van der Waals surface area contributed by atoms with Gasteiger partial charge in [-0.2, -0.15) is 0 Å². The van der Waals surface area contributed by atoms with Gasteiger partial charge in [0.25, 0.3) is 0 Å². The van der Waals surface area contributed by atoms with Gasteiger partial charge in [-0.1, -0.05) is 285 Å². The van der Waals surface area contributed by atoms with E-state index in [1.54, 1.807) is 34.1 Å². The molecule has 11 heteroatoms. The van der Waals surface area contributed by atoms with E-state index in [-0.39, 0.29) is 44.5 Å². The van der Waals surface area contributed by atoms with Crippen molar-refractivity contribution in [1.29, 1.82) is 0 Å². The average Bonchev–Trinajstić information content (AvgIpc) is 1.52. The molecule has 2 aliphatic rings. The molecule has 1 aromatic heterocycles. The Hall–Kier alpha value is -16.0. The molecule has 0 fully saturated rings. The Morgan fingerprint density at radius 2 is 0.579 bits per heavy atom. The quantitative estimate of drug-likeness (QED) is 0.0711. The molecule has 0 aliphatic heterocycles. The molecule has 0 bridgehead atoms. The second kappa shape index (κ2) is 33.2. The Balaban J connectivity index is 0.660. The summed E-state index contributed by atoms with van der Waals surface area (Å²) in [5.41, 5.74) is 22.0. The second-order valence-electron chi connectivity index (χ2n) is 36.4. The molecule has 1 heterocycles. The molecule has 133 heavy (non-hydrogen) atoms. The largest absolute Gasteiger partial charge is 0.457 e. The van der Waals surface area contributed by atoms with Crippen LogP contribution >= 0.6 is 0 Å². The lowest BCUT2D eigenvalue weighted by Gasteiger charge is -2.34. The number of furan rings is 1. The van der Waals surface area contributed by atoms with Gasteiger partial charge >= 0.3 is 0 Å². The van der Waals surface area contributed by atoms with Crippen molar-refractivity contribution >= 4 is 68.2 Å². The molecule has 2 atom stereocenters. The van der Waals surface area contributed by atoms with Crippen molar-refractivity contribution < 1.29 is 40.2 Å². The van der Waals surface area contributed by atoms with Crippen LogP contribution in [0, 0.1) is 34.9 Å². The van der Waals surface area contributed by atoms with Crippen LogP contribution in [0.5, 0.6) is 23.0 Å². The van der Waals surface area contributed by atoms with Crippen LogP contribution in [0.25, 0.3) is 101 Å². The first-order valence-electron chi connectivity index (χ1n) is 44.5. The van der Waals surface area contributed by atoms with E-state index in [1.807, 2.05) is 146 Å². The monoisotopic (exact) mass is 1740 g/mol. The minimum Gasteiger partial charge on any atom is -0.457 e. The number of halogens is 6. The summed E-state index contributed by atoms with van der Waals surface area (Å²) in [6.07, 6.45) is 3.60. The topological polar surface area (TPSA) is 38.1 Å². The van der Waals surface area contributed by atoms with Gasteiger partial charge in [0.2, 0.25) is 0 Å². The molecule has 21 rings (SSSR count). The number of hydrogen-bond donors (Lipinski definition) is 0. The smallest absolute Gasteiger partial charge is 0.148 e. The molecular formula is C122H88F6N2O3. The Bertz CT molecular complexity index is 7290. The van der Waals surface area contributed by atoms with Gasteiger partial charge in [0.1, 0.15) is 69.1 Å². The molecule has 0 amide bonds. The van der Waals surface area contributed by atoms with E-state index in [0.29, 0.717) is 67.7 Å². The SMILES string of the molecule is C=Cc1ccc(Oc2ccc(C3(c4ccc(C(C)(C)C)cc4)c4ccccc4-c4ccc(-c5ccc(N(c6ccc7c(c6)oc6cc(N(c8ccc(-c9ccc%10c(c9)C(c9ccc(Oc%11ccc(C=C)cc%11)cc9)(c9ccc(C(C)(C)C)cc9)c9ccccc9-%10)cc8)c8cc(F)c(-c9ccc(F)cc9)cc8F)ccc67)c6cc(F)c(-c7ccc(F)cc7)cc6F)cc5)cc43)cc2)cc1. The molecule has 0 N–H and O–H groups in total. The Morgan fingerprint density at radius 1 is 0.271 bits per heavy atom. The highest BCUT2D eigenvalue weighted by molar-refractivity contribution is 6.08. The van der Waals surface area contributed by atoms with Gasteiger partial charge in [0.15, 0.2) is 0 Å². The van der Waals surface area contributed by atoms with Crippen molar-refractivity contribution in [2.24, 2.45) is 0 Å². The van der Waals surface area contributed by atoms with Gasteiger partial charge in [-0.05, 0) is 279 Å². The van der Waals surface area contributed by atoms with Gasteiger partial charge in [-0.3, -0.25) is 0 Å². The van der Waals surface area contributed by atoms with Gasteiger partial charge in [0, 0.05) is 68.9 Å². The Kier molecular flexibility index (Phi) is 20.9. The normalized spacial score (nSPS) is 14.3. The van der Waals surface area contributed by atoms with Crippen molar-refractivity contribution in [3.05, 3.63) is 503 Å². The predicted molar refractivity (Wildman–Crippen MR) is 530 cm³/mol. The molecular weight excluding hydrogens is 1660 g/mol. The summed E-state index contributed by atoms with van der Waals surface area (Å²) in [6.45, 7) is 21.1. The third-order valence-corrected chi connectivity index (χ3v) is 26.5. The predicted octanol–water partition coefficient (Wildman–Crippen LogP) is 34.2. The highest BCUT2D eigenvalue weighted by atomic mass is 19.1. The van der Waals surface area contributed by atoms with E-state index in [9.17, 15) is 8.78 Å². The van der Waals surface area contributed by atoms with Gasteiger partial charge in [0.05, 0.1) is 22.2 Å². The zero-order valence-electron chi connectivity index (χ0n) is 73.9. The number of hydrogen-bond acceptors (Lipinski definition) is 5. The number of rotatable bonds is 20. The molecule has 2 aliphatic carbocycles. The Morgan fingerprint density at radius 3 is 0.925 bits per heavy atom. The zero-order chi connectivity index (χ0) is 91.3. The third kappa shape index (κ3) is 14.9.